The molecule has 2 aromatic carbocycles. The molecule has 2 aromatic rings. The maximum Gasteiger partial charge on any atom is 2.00 e. The fraction of sp³-hybridized carbons (Fsp3) is 0.533. The third-order valence-electron chi connectivity index (χ3n) is 4.64. The number of hydrogen-bond donors (Lipinski definition) is 0. The van der Waals surface area contributed by atoms with Gasteiger partial charge in [-0.3, -0.25) is 6.29 Å². The Morgan fingerprint density at radius 1 is 0.788 bits per heavy atom. The van der Waals surface area contributed by atoms with Crippen molar-refractivity contribution in [2.45, 2.75) is 87.0 Å². The van der Waals surface area contributed by atoms with E-state index in [1.165, 1.54) is 51.7 Å². The number of unbranched alkanes of at least 4 members (excludes halogenated alkanes) is 1. The predicted molar refractivity (Wildman–Crippen MR) is 147 cm³/mol. The molecule has 0 amide bonds. The molecule has 1 fully saturated rings. The van der Waals surface area contributed by atoms with Crippen molar-refractivity contribution in [3.8, 4) is 11.1 Å². The van der Waals surface area contributed by atoms with Crippen LogP contribution in [0.3, 0.4) is 0 Å². The smallest absolute Gasteiger partial charge is 0.541 e. The molecule has 0 unspecified atom stereocenters. The van der Waals surface area contributed by atoms with Crippen molar-refractivity contribution in [3.05, 3.63) is 67.6 Å². The van der Waals surface area contributed by atoms with E-state index in [-0.39, 0.29) is 28.5 Å². The quantitative estimate of drug-likeness (QED) is 0.299. The Bertz CT molecular complexity index is 610. The molecule has 2 nitrogen and oxygen atoms in total. The first-order valence-electron chi connectivity index (χ1n) is 12.6. The van der Waals surface area contributed by atoms with Gasteiger partial charge in [-0.2, -0.15) is 0 Å². The topological polar surface area (TPSA) is 20.3 Å². The summed E-state index contributed by atoms with van der Waals surface area (Å²) in [4.78, 5) is 13.0. The molecule has 1 saturated heterocycles. The van der Waals surface area contributed by atoms with Gasteiger partial charge in [-0.15, -0.1) is 6.42 Å². The van der Waals surface area contributed by atoms with Crippen LogP contribution < -0.4 is 0 Å². The van der Waals surface area contributed by atoms with Crippen LogP contribution in [0.5, 0.6) is 0 Å². The van der Waals surface area contributed by atoms with Gasteiger partial charge >= 0.3 is 21.1 Å². The fourth-order valence-electron chi connectivity index (χ4n) is 3.22. The number of likely N-dealkylation sites (tertiary alicyclic amines) is 1. The second kappa shape index (κ2) is 30.8. The van der Waals surface area contributed by atoms with E-state index in [2.05, 4.69) is 11.8 Å². The summed E-state index contributed by atoms with van der Waals surface area (Å²) in [5, 5.41) is 0. The second-order valence-electron chi connectivity index (χ2n) is 6.60. The first-order chi connectivity index (χ1) is 15.3. The van der Waals surface area contributed by atoms with E-state index in [4.69, 9.17) is 0 Å². The summed E-state index contributed by atoms with van der Waals surface area (Å²) in [6, 6.07) is 18.0. The van der Waals surface area contributed by atoms with Crippen LogP contribution in [0.1, 0.15) is 86.1 Å². The van der Waals surface area contributed by atoms with Crippen molar-refractivity contribution in [2.75, 3.05) is 19.6 Å². The van der Waals surface area contributed by atoms with Crippen LogP contribution >= 0.6 is 0 Å². The van der Waals surface area contributed by atoms with Crippen LogP contribution in [0.15, 0.2) is 54.6 Å². The Morgan fingerprint density at radius 2 is 1.30 bits per heavy atom. The molecule has 0 atom stereocenters. The SMILES string of the molecule is CC.CC.CC.CCCCN1CCCCC1.O=[C-]Cc1ccccc1-c1ccccc1.[CH3-].[W+2]. The standard InChI is InChI=1S/C14H11O.C9H19N.3C2H6.CH3.W/c15-11-10-13-8-4-5-9-14(13)12-6-2-1-3-7-12;1-2-3-7-10-8-5-4-6-9-10;3*1-2;;/h1-9H,10H2;2-9H2,1H3;3*1-2H3;1H3;/q-1;;;;;-1;+2. The molecule has 33 heavy (non-hydrogen) atoms. The van der Waals surface area contributed by atoms with E-state index >= 15 is 0 Å². The summed E-state index contributed by atoms with van der Waals surface area (Å²) in [5.74, 6) is 0. The first-order valence-corrected chi connectivity index (χ1v) is 12.6. The van der Waals surface area contributed by atoms with E-state index in [0.717, 1.165) is 16.7 Å². The number of benzene rings is 2. The van der Waals surface area contributed by atoms with Crippen molar-refractivity contribution >= 4 is 6.29 Å². The van der Waals surface area contributed by atoms with Crippen molar-refractivity contribution in [3.63, 3.8) is 0 Å². The van der Waals surface area contributed by atoms with Gasteiger partial charge in [0.2, 0.25) is 0 Å². The molecule has 0 aliphatic carbocycles. The summed E-state index contributed by atoms with van der Waals surface area (Å²) in [6.07, 6.45) is 9.36. The van der Waals surface area contributed by atoms with Crippen LogP contribution in [0.25, 0.3) is 11.1 Å². The van der Waals surface area contributed by atoms with Gasteiger partial charge in [0.25, 0.3) is 0 Å². The van der Waals surface area contributed by atoms with Crippen LogP contribution in [-0.2, 0) is 32.3 Å². The van der Waals surface area contributed by atoms with E-state index in [0.29, 0.717) is 6.42 Å². The fourth-order valence-corrected chi connectivity index (χ4v) is 3.22. The molecule has 188 valence electrons. The molecular weight excluding hydrogens is 574 g/mol. The first kappa shape index (κ1) is 39.0. The average molecular weight is 626 g/mol. The Kier molecular flexibility index (Phi) is 36.3. The van der Waals surface area contributed by atoms with Gasteiger partial charge in [0.15, 0.2) is 0 Å². The summed E-state index contributed by atoms with van der Waals surface area (Å²) in [6.45, 7) is 18.3. The number of piperidine rings is 1. The molecule has 0 spiro atoms. The minimum absolute atomic E-state index is 0. The van der Waals surface area contributed by atoms with Crippen LogP contribution in [0, 0.1) is 7.43 Å². The molecule has 3 rings (SSSR count). The van der Waals surface area contributed by atoms with Crippen molar-refractivity contribution < 1.29 is 25.9 Å². The summed E-state index contributed by atoms with van der Waals surface area (Å²) < 4.78 is 0. The van der Waals surface area contributed by atoms with E-state index in [1.807, 2.05) is 102 Å². The predicted octanol–water partition coefficient (Wildman–Crippen LogP) is 8.80. The molecule has 3 heteroatoms. The molecule has 0 aromatic heterocycles. The van der Waals surface area contributed by atoms with E-state index in [1.54, 1.807) is 0 Å². The molecule has 0 radical (unpaired) electrons. The molecule has 1 heterocycles. The Balaban J connectivity index is -0.000000206. The third-order valence-corrected chi connectivity index (χ3v) is 4.64. The summed E-state index contributed by atoms with van der Waals surface area (Å²) in [5.41, 5.74) is 3.28. The third kappa shape index (κ3) is 18.8. The molecule has 1 aliphatic heterocycles. The molecule has 1 aliphatic rings. The van der Waals surface area contributed by atoms with Crippen LogP contribution in [0.4, 0.5) is 0 Å². The van der Waals surface area contributed by atoms with Gasteiger partial charge in [-0.1, -0.05) is 121 Å². The Hall–Kier alpha value is -1.24. The maximum absolute atomic E-state index is 10.4. The van der Waals surface area contributed by atoms with Crippen molar-refractivity contribution in [1.29, 1.82) is 0 Å². The minimum Gasteiger partial charge on any atom is -0.541 e. The zero-order valence-electron chi connectivity index (χ0n) is 22.8. The average Bonchev–Trinajstić information content (AvgIpc) is 2.88. The number of rotatable bonds is 6. The van der Waals surface area contributed by atoms with Crippen LogP contribution in [-0.4, -0.2) is 30.8 Å². The van der Waals surface area contributed by atoms with Crippen molar-refractivity contribution in [1.82, 2.24) is 4.90 Å². The van der Waals surface area contributed by atoms with Gasteiger partial charge in [-0.25, -0.2) is 0 Å². The van der Waals surface area contributed by atoms with Gasteiger partial charge < -0.3 is 17.1 Å². The second-order valence-corrected chi connectivity index (χ2v) is 6.60. The zero-order valence-corrected chi connectivity index (χ0v) is 25.8. The number of nitrogens with zero attached hydrogens (tertiary/aromatic N) is 1. The summed E-state index contributed by atoms with van der Waals surface area (Å²) in [7, 11) is 0. The van der Waals surface area contributed by atoms with E-state index < -0.39 is 0 Å². The molecule has 0 N–H and O–H groups in total. The van der Waals surface area contributed by atoms with Gasteiger partial charge in [-0.05, 0) is 50.0 Å². The molecule has 0 saturated carbocycles. The monoisotopic (exact) mass is 625 g/mol. The number of hydrogen-bond acceptors (Lipinski definition) is 2. The normalized spacial score (nSPS) is 11.5. The van der Waals surface area contributed by atoms with Gasteiger partial charge in [0.05, 0.1) is 0 Å². The maximum atomic E-state index is 10.4. The van der Waals surface area contributed by atoms with Crippen LogP contribution in [0.2, 0.25) is 0 Å². The van der Waals surface area contributed by atoms with Crippen molar-refractivity contribution in [2.24, 2.45) is 0 Å². The molecule has 0 bridgehead atoms. The van der Waals surface area contributed by atoms with E-state index in [9.17, 15) is 4.79 Å². The zero-order chi connectivity index (χ0) is 23.7. The van der Waals surface area contributed by atoms with Gasteiger partial charge in [0, 0.05) is 0 Å². The Morgan fingerprint density at radius 3 is 1.82 bits per heavy atom. The minimum atomic E-state index is 0. The summed E-state index contributed by atoms with van der Waals surface area (Å²) >= 11 is 0. The van der Waals surface area contributed by atoms with Gasteiger partial charge in [0.1, 0.15) is 0 Å². The molecular formula is C30H51NOW. The largest absolute Gasteiger partial charge is 2.00 e. The number of carbonyl (C=O) groups excluding carboxylic acids is 1. The Labute approximate surface area is 221 Å².